The van der Waals surface area contributed by atoms with Gasteiger partial charge in [0.15, 0.2) is 0 Å². The Kier molecular flexibility index (Phi) is 5.94. The van der Waals surface area contributed by atoms with Crippen LogP contribution >= 0.6 is 0 Å². The van der Waals surface area contributed by atoms with Crippen molar-refractivity contribution in [1.82, 2.24) is 5.32 Å². The molecule has 0 aliphatic heterocycles. The summed E-state index contributed by atoms with van der Waals surface area (Å²) in [6, 6.07) is 24.3. The van der Waals surface area contributed by atoms with Crippen molar-refractivity contribution in [3.63, 3.8) is 0 Å². The number of carbonyl (C=O) groups excluding carboxylic acids is 1. The van der Waals surface area contributed by atoms with Gasteiger partial charge in [0.1, 0.15) is 11.5 Å². The molecule has 27 heavy (non-hydrogen) atoms. The minimum absolute atomic E-state index is 0.264. The van der Waals surface area contributed by atoms with Gasteiger partial charge in [0, 0.05) is 23.9 Å². The van der Waals surface area contributed by atoms with E-state index >= 15 is 0 Å². The van der Waals surface area contributed by atoms with Gasteiger partial charge in [0.2, 0.25) is 0 Å². The van der Waals surface area contributed by atoms with E-state index in [1.807, 2.05) is 60.7 Å². The van der Waals surface area contributed by atoms with Crippen LogP contribution in [-0.2, 0) is 0 Å². The third-order valence-electron chi connectivity index (χ3n) is 4.15. The summed E-state index contributed by atoms with van der Waals surface area (Å²) in [5, 5.41) is 5.89. The molecule has 0 aliphatic rings. The van der Waals surface area contributed by atoms with Crippen LogP contribution in [0.5, 0.6) is 11.5 Å². The van der Waals surface area contributed by atoms with Gasteiger partial charge < -0.3 is 20.1 Å². The maximum absolute atomic E-state index is 12.7. The topological polar surface area (TPSA) is 59.6 Å². The number of hydrogen-bond donors (Lipinski definition) is 2. The van der Waals surface area contributed by atoms with E-state index < -0.39 is 0 Å². The van der Waals surface area contributed by atoms with Crippen LogP contribution in [0.15, 0.2) is 78.9 Å². The molecule has 0 aliphatic carbocycles. The molecule has 0 atom stereocenters. The molecule has 0 radical (unpaired) electrons. The van der Waals surface area contributed by atoms with Crippen molar-refractivity contribution in [1.29, 1.82) is 0 Å². The summed E-state index contributed by atoms with van der Waals surface area (Å²) in [4.78, 5) is 12.7. The minimum Gasteiger partial charge on any atom is -0.497 e. The van der Waals surface area contributed by atoms with Crippen molar-refractivity contribution in [2.24, 2.45) is 0 Å². The van der Waals surface area contributed by atoms with E-state index in [-0.39, 0.29) is 12.1 Å². The monoisotopic (exact) mass is 362 g/mol. The van der Waals surface area contributed by atoms with E-state index in [0.717, 1.165) is 11.1 Å². The zero-order chi connectivity index (χ0) is 19.1. The Balaban J connectivity index is 1.81. The number of nitrogens with one attached hydrogen (secondary N) is 2. The second kappa shape index (κ2) is 8.76. The largest absolute Gasteiger partial charge is 0.497 e. The minimum atomic E-state index is -0.317. The fraction of sp³-hybridized carbons (Fsp3) is 0.136. The van der Waals surface area contributed by atoms with Gasteiger partial charge in [-0.2, -0.15) is 0 Å². The highest BCUT2D eigenvalue weighted by Gasteiger charge is 2.17. The van der Waals surface area contributed by atoms with Crippen molar-refractivity contribution in [3.05, 3.63) is 90.0 Å². The van der Waals surface area contributed by atoms with Crippen LogP contribution in [0.4, 0.5) is 10.5 Å². The molecule has 0 aromatic heterocycles. The Hall–Kier alpha value is -3.47. The van der Waals surface area contributed by atoms with Crippen LogP contribution < -0.4 is 20.1 Å². The summed E-state index contributed by atoms with van der Waals surface area (Å²) in [5.41, 5.74) is 2.59. The lowest BCUT2D eigenvalue weighted by molar-refractivity contribution is 0.250. The molecule has 2 amide bonds. The average Bonchev–Trinajstić information content (AvgIpc) is 2.73. The number of carbonyl (C=O) groups is 1. The maximum Gasteiger partial charge on any atom is 0.319 e. The standard InChI is InChI=1S/C22H22N2O3/c1-26-19-13-18(14-20(15-19)27-2)23-22(25)24-21(16-9-5-3-6-10-16)17-11-7-4-8-12-17/h3-15,21H,1-2H3,(H2,23,24,25). The Morgan fingerprint density at radius 1 is 0.778 bits per heavy atom. The Bertz CT molecular complexity index is 821. The number of urea groups is 1. The quantitative estimate of drug-likeness (QED) is 0.673. The van der Waals surface area contributed by atoms with E-state index in [4.69, 9.17) is 9.47 Å². The van der Waals surface area contributed by atoms with E-state index in [0.29, 0.717) is 17.2 Å². The molecule has 3 aromatic carbocycles. The lowest BCUT2D eigenvalue weighted by Gasteiger charge is -2.20. The van der Waals surface area contributed by atoms with Gasteiger partial charge >= 0.3 is 6.03 Å². The number of methoxy groups -OCH3 is 2. The molecule has 0 fully saturated rings. The van der Waals surface area contributed by atoms with Gasteiger partial charge in [-0.15, -0.1) is 0 Å². The molecular formula is C22H22N2O3. The fourth-order valence-corrected chi connectivity index (χ4v) is 2.83. The molecule has 3 rings (SSSR count). The normalized spacial score (nSPS) is 10.3. The molecule has 5 nitrogen and oxygen atoms in total. The second-order valence-electron chi connectivity index (χ2n) is 5.95. The number of benzene rings is 3. The Morgan fingerprint density at radius 3 is 1.70 bits per heavy atom. The van der Waals surface area contributed by atoms with E-state index in [2.05, 4.69) is 10.6 Å². The summed E-state index contributed by atoms with van der Waals surface area (Å²) in [5.74, 6) is 1.21. The first-order valence-corrected chi connectivity index (χ1v) is 8.60. The molecule has 2 N–H and O–H groups in total. The van der Waals surface area contributed by atoms with Crippen LogP contribution in [0, 0.1) is 0 Å². The Labute approximate surface area is 158 Å². The summed E-state index contributed by atoms with van der Waals surface area (Å²) in [7, 11) is 3.14. The third kappa shape index (κ3) is 4.79. The van der Waals surface area contributed by atoms with Gasteiger partial charge in [-0.05, 0) is 11.1 Å². The molecule has 3 aromatic rings. The zero-order valence-electron chi connectivity index (χ0n) is 15.3. The lowest BCUT2D eigenvalue weighted by atomic mass is 9.99. The number of anilines is 1. The van der Waals surface area contributed by atoms with E-state index in [1.54, 1.807) is 32.4 Å². The molecule has 138 valence electrons. The van der Waals surface area contributed by atoms with Crippen LogP contribution in [0.1, 0.15) is 17.2 Å². The highest BCUT2D eigenvalue weighted by atomic mass is 16.5. The smallest absolute Gasteiger partial charge is 0.319 e. The number of ether oxygens (including phenoxy) is 2. The van der Waals surface area contributed by atoms with Gasteiger partial charge in [-0.25, -0.2) is 4.79 Å². The molecule has 5 heteroatoms. The first-order valence-electron chi connectivity index (χ1n) is 8.60. The second-order valence-corrected chi connectivity index (χ2v) is 5.95. The molecule has 0 heterocycles. The van der Waals surface area contributed by atoms with Crippen molar-refractivity contribution in [3.8, 4) is 11.5 Å². The summed E-state index contributed by atoms with van der Waals surface area (Å²) in [6.45, 7) is 0. The van der Waals surface area contributed by atoms with Crippen LogP contribution in [-0.4, -0.2) is 20.3 Å². The Morgan fingerprint density at radius 2 is 1.26 bits per heavy atom. The predicted octanol–water partition coefficient (Wildman–Crippen LogP) is 4.61. The lowest BCUT2D eigenvalue weighted by Crippen LogP contribution is -2.33. The van der Waals surface area contributed by atoms with Gasteiger partial charge in [-0.1, -0.05) is 60.7 Å². The number of rotatable bonds is 6. The van der Waals surface area contributed by atoms with Gasteiger partial charge in [0.05, 0.1) is 20.3 Å². The fourth-order valence-electron chi connectivity index (χ4n) is 2.83. The molecule has 0 saturated carbocycles. The van der Waals surface area contributed by atoms with Crippen molar-refractivity contribution in [2.75, 3.05) is 19.5 Å². The van der Waals surface area contributed by atoms with E-state index in [9.17, 15) is 4.79 Å². The number of amides is 2. The van der Waals surface area contributed by atoms with Crippen molar-refractivity contribution >= 4 is 11.7 Å². The van der Waals surface area contributed by atoms with Crippen molar-refractivity contribution < 1.29 is 14.3 Å². The molecule has 0 unspecified atom stereocenters. The van der Waals surface area contributed by atoms with Gasteiger partial charge in [0.25, 0.3) is 0 Å². The zero-order valence-corrected chi connectivity index (χ0v) is 15.3. The summed E-state index contributed by atoms with van der Waals surface area (Å²) >= 11 is 0. The molecule has 0 spiro atoms. The highest BCUT2D eigenvalue weighted by molar-refractivity contribution is 5.90. The highest BCUT2D eigenvalue weighted by Crippen LogP contribution is 2.26. The third-order valence-corrected chi connectivity index (χ3v) is 4.15. The first-order chi connectivity index (χ1) is 13.2. The molecule has 0 bridgehead atoms. The summed E-state index contributed by atoms with van der Waals surface area (Å²) < 4.78 is 10.5. The predicted molar refractivity (Wildman–Crippen MR) is 106 cm³/mol. The molecular weight excluding hydrogens is 340 g/mol. The first kappa shape index (κ1) is 18.3. The van der Waals surface area contributed by atoms with Crippen molar-refractivity contribution in [2.45, 2.75) is 6.04 Å². The SMILES string of the molecule is COc1cc(NC(=O)NC(c2ccccc2)c2ccccc2)cc(OC)c1. The summed E-state index contributed by atoms with van der Waals surface area (Å²) in [6.07, 6.45) is 0. The van der Waals surface area contributed by atoms with Crippen LogP contribution in [0.3, 0.4) is 0 Å². The van der Waals surface area contributed by atoms with E-state index in [1.165, 1.54) is 0 Å². The molecule has 0 saturated heterocycles. The van der Waals surface area contributed by atoms with Gasteiger partial charge in [-0.3, -0.25) is 0 Å². The van der Waals surface area contributed by atoms with Crippen LogP contribution in [0.2, 0.25) is 0 Å². The maximum atomic E-state index is 12.7. The number of hydrogen-bond acceptors (Lipinski definition) is 3. The average molecular weight is 362 g/mol. The van der Waals surface area contributed by atoms with Crippen LogP contribution in [0.25, 0.3) is 0 Å².